The van der Waals surface area contributed by atoms with Crippen LogP contribution in [-0.4, -0.2) is 24.2 Å². The maximum atomic E-state index is 14.8. The summed E-state index contributed by atoms with van der Waals surface area (Å²) < 4.78 is 14.8. The van der Waals surface area contributed by atoms with Crippen molar-refractivity contribution in [3.8, 4) is 0 Å². The van der Waals surface area contributed by atoms with E-state index < -0.39 is 0 Å². The molecule has 2 N–H and O–H groups in total. The molecule has 1 fully saturated rings. The maximum absolute atomic E-state index is 14.8. The van der Waals surface area contributed by atoms with E-state index in [0.717, 1.165) is 40.9 Å². The summed E-state index contributed by atoms with van der Waals surface area (Å²) in [6.45, 7) is 10.4. The summed E-state index contributed by atoms with van der Waals surface area (Å²) in [6, 6.07) is 7.17. The van der Waals surface area contributed by atoms with Crippen molar-refractivity contribution in [3.05, 3.63) is 70.3 Å². The van der Waals surface area contributed by atoms with Gasteiger partial charge >= 0.3 is 0 Å². The number of allylic oxidation sites excluding steroid dienone is 3. The Labute approximate surface area is 183 Å². The zero-order chi connectivity index (χ0) is 22.2. The summed E-state index contributed by atoms with van der Waals surface area (Å²) in [5.74, 6) is -0.0970. The highest BCUT2D eigenvalue weighted by atomic mass is 19.1. The minimum Gasteiger partial charge on any atom is -0.357 e. The Morgan fingerprint density at radius 1 is 1.26 bits per heavy atom. The zero-order valence-corrected chi connectivity index (χ0v) is 18.5. The molecule has 1 spiro atoms. The van der Waals surface area contributed by atoms with Crippen molar-refractivity contribution >= 4 is 23.9 Å². The predicted molar refractivity (Wildman–Crippen MR) is 125 cm³/mol. The van der Waals surface area contributed by atoms with Gasteiger partial charge in [-0.05, 0) is 67.8 Å². The first kappa shape index (κ1) is 21.3. The molecule has 31 heavy (non-hydrogen) atoms. The summed E-state index contributed by atoms with van der Waals surface area (Å²) in [5.41, 5.74) is 5.28. The van der Waals surface area contributed by atoms with E-state index in [-0.39, 0.29) is 23.1 Å². The quantitative estimate of drug-likeness (QED) is 0.455. The molecule has 162 valence electrons. The van der Waals surface area contributed by atoms with Gasteiger partial charge in [-0.25, -0.2) is 4.39 Å². The number of benzene rings is 1. The van der Waals surface area contributed by atoms with Crippen LogP contribution in [0.1, 0.15) is 85.2 Å². The standard InChI is InChI=1S/C26H30FN3O/c1-5-17(13-23(28-4)19-9-8-18(16(2)3)12-21(19)27)22-14-20-24(30-22)26(10-6-7-11-26)15-29-25(20)31/h5,8-9,12-14,16,30H,4,6-7,10-11,15H2,1-3H3,(H,29,31)/b17-5+,23-13-. The lowest BCUT2D eigenvalue weighted by atomic mass is 9.78. The number of hydrogen-bond acceptors (Lipinski definition) is 2. The average molecular weight is 420 g/mol. The minimum absolute atomic E-state index is 0.00234. The lowest BCUT2D eigenvalue weighted by Gasteiger charge is -2.33. The number of aromatic amines is 1. The fraction of sp³-hybridized carbons (Fsp3) is 0.385. The molecule has 0 atom stereocenters. The second-order valence-electron chi connectivity index (χ2n) is 8.97. The third-order valence-corrected chi connectivity index (χ3v) is 6.76. The second kappa shape index (κ2) is 8.29. The van der Waals surface area contributed by atoms with E-state index >= 15 is 0 Å². The Morgan fingerprint density at radius 2 is 2.00 bits per heavy atom. The third-order valence-electron chi connectivity index (χ3n) is 6.76. The molecule has 1 aliphatic carbocycles. The molecule has 1 amide bonds. The third kappa shape index (κ3) is 3.78. The number of fused-ring (bicyclic) bond motifs is 2. The van der Waals surface area contributed by atoms with Crippen LogP contribution in [0.3, 0.4) is 0 Å². The van der Waals surface area contributed by atoms with Gasteiger partial charge in [0.1, 0.15) is 5.82 Å². The molecule has 2 aromatic rings. The molecule has 5 heteroatoms. The molecule has 2 aliphatic rings. The van der Waals surface area contributed by atoms with E-state index in [9.17, 15) is 9.18 Å². The van der Waals surface area contributed by atoms with Crippen molar-refractivity contribution in [1.82, 2.24) is 10.3 Å². The van der Waals surface area contributed by atoms with E-state index in [1.807, 2.05) is 45.1 Å². The highest BCUT2D eigenvalue weighted by molar-refractivity contribution is 5.99. The lowest BCUT2D eigenvalue weighted by Crippen LogP contribution is -2.45. The van der Waals surface area contributed by atoms with Gasteiger partial charge in [0, 0.05) is 28.9 Å². The largest absolute Gasteiger partial charge is 0.357 e. The van der Waals surface area contributed by atoms with Crippen LogP contribution in [0.2, 0.25) is 0 Å². The Balaban J connectivity index is 1.74. The van der Waals surface area contributed by atoms with Crippen LogP contribution in [0.5, 0.6) is 0 Å². The fourth-order valence-electron chi connectivity index (χ4n) is 4.89. The molecule has 4 rings (SSSR count). The number of carbonyl (C=O) groups excluding carboxylic acids is 1. The van der Waals surface area contributed by atoms with Crippen LogP contribution in [0.25, 0.3) is 11.3 Å². The van der Waals surface area contributed by atoms with Crippen molar-refractivity contribution in [2.45, 2.75) is 57.8 Å². The maximum Gasteiger partial charge on any atom is 0.253 e. The number of nitrogens with one attached hydrogen (secondary N) is 2. The fourth-order valence-corrected chi connectivity index (χ4v) is 4.89. The van der Waals surface area contributed by atoms with Crippen LogP contribution < -0.4 is 5.32 Å². The summed E-state index contributed by atoms with van der Waals surface area (Å²) in [6.07, 6.45) is 8.29. The Hall–Kier alpha value is -2.95. The number of aliphatic imine (C=N–C) groups is 1. The Bertz CT molecular complexity index is 1080. The number of amides is 1. The monoisotopic (exact) mass is 419 g/mol. The number of nitrogens with zero attached hydrogens (tertiary/aromatic N) is 1. The molecular formula is C26H30FN3O. The molecule has 1 saturated carbocycles. The van der Waals surface area contributed by atoms with Crippen molar-refractivity contribution in [1.29, 1.82) is 0 Å². The van der Waals surface area contributed by atoms with Gasteiger partial charge < -0.3 is 10.3 Å². The predicted octanol–water partition coefficient (Wildman–Crippen LogP) is 5.98. The highest BCUT2D eigenvalue weighted by Crippen LogP contribution is 2.44. The molecule has 0 unspecified atom stereocenters. The van der Waals surface area contributed by atoms with Crippen molar-refractivity contribution in [2.75, 3.05) is 6.54 Å². The van der Waals surface area contributed by atoms with Gasteiger partial charge in [0.05, 0.1) is 11.3 Å². The van der Waals surface area contributed by atoms with E-state index in [1.165, 1.54) is 12.8 Å². The van der Waals surface area contributed by atoms with Gasteiger partial charge in [0.2, 0.25) is 0 Å². The van der Waals surface area contributed by atoms with Crippen LogP contribution >= 0.6 is 0 Å². The first-order chi connectivity index (χ1) is 14.9. The van der Waals surface area contributed by atoms with Crippen LogP contribution in [0.15, 0.2) is 41.4 Å². The first-order valence-corrected chi connectivity index (χ1v) is 11.0. The van der Waals surface area contributed by atoms with Crippen molar-refractivity contribution in [2.24, 2.45) is 4.99 Å². The van der Waals surface area contributed by atoms with Gasteiger partial charge in [0.15, 0.2) is 0 Å². The zero-order valence-electron chi connectivity index (χ0n) is 18.5. The first-order valence-electron chi connectivity index (χ1n) is 11.0. The van der Waals surface area contributed by atoms with Crippen molar-refractivity contribution in [3.63, 3.8) is 0 Å². The van der Waals surface area contributed by atoms with Crippen LogP contribution in [-0.2, 0) is 5.41 Å². The Kier molecular flexibility index (Phi) is 5.69. The summed E-state index contributed by atoms with van der Waals surface area (Å²) in [7, 11) is 0. The lowest BCUT2D eigenvalue weighted by molar-refractivity contribution is 0.0924. The van der Waals surface area contributed by atoms with Gasteiger partial charge in [-0.2, -0.15) is 0 Å². The molecule has 2 heterocycles. The molecule has 0 radical (unpaired) electrons. The number of carbonyl (C=O) groups is 1. The molecule has 1 aromatic heterocycles. The number of rotatable bonds is 5. The number of aromatic nitrogens is 1. The normalized spacial score (nSPS) is 18.4. The van der Waals surface area contributed by atoms with Crippen molar-refractivity contribution < 1.29 is 9.18 Å². The topological polar surface area (TPSA) is 57.2 Å². The molecule has 0 bridgehead atoms. The van der Waals surface area contributed by atoms with Gasteiger partial charge in [0.25, 0.3) is 5.91 Å². The number of halogens is 1. The van der Waals surface area contributed by atoms with Gasteiger partial charge in [-0.3, -0.25) is 9.79 Å². The smallest absolute Gasteiger partial charge is 0.253 e. The van der Waals surface area contributed by atoms with E-state index in [1.54, 1.807) is 12.1 Å². The Morgan fingerprint density at radius 3 is 2.61 bits per heavy atom. The minimum atomic E-state index is -0.310. The van der Waals surface area contributed by atoms with Crippen LogP contribution in [0.4, 0.5) is 4.39 Å². The molecule has 0 saturated heterocycles. The van der Waals surface area contributed by atoms with Crippen LogP contribution in [0, 0.1) is 5.82 Å². The van der Waals surface area contributed by atoms with E-state index in [0.29, 0.717) is 17.8 Å². The van der Waals surface area contributed by atoms with Gasteiger partial charge in [-0.1, -0.05) is 38.8 Å². The molecule has 1 aromatic carbocycles. The SMILES string of the molecule is C=N/C(=C\C(=C/C)c1cc2c([nH]1)C1(CCCC1)CNC2=O)c1ccc(C(C)C)cc1F. The molecule has 4 nitrogen and oxygen atoms in total. The summed E-state index contributed by atoms with van der Waals surface area (Å²) in [5, 5.41) is 3.07. The average Bonchev–Trinajstić information content (AvgIpc) is 3.41. The summed E-state index contributed by atoms with van der Waals surface area (Å²) in [4.78, 5) is 20.2. The molecule has 1 aliphatic heterocycles. The number of H-pyrrole nitrogens is 1. The van der Waals surface area contributed by atoms with E-state index in [2.05, 4.69) is 22.0 Å². The van der Waals surface area contributed by atoms with E-state index in [4.69, 9.17) is 0 Å². The van der Waals surface area contributed by atoms with Gasteiger partial charge in [-0.15, -0.1) is 0 Å². The number of hydrogen-bond donors (Lipinski definition) is 2. The summed E-state index contributed by atoms with van der Waals surface area (Å²) >= 11 is 0. The second-order valence-corrected chi connectivity index (χ2v) is 8.97. The highest BCUT2D eigenvalue weighted by Gasteiger charge is 2.43. The molecular weight excluding hydrogens is 389 g/mol.